The molecule has 2 rings (SSSR count). The van der Waals surface area contributed by atoms with Crippen LogP contribution in [-0.2, 0) is 13.1 Å². The van der Waals surface area contributed by atoms with Crippen LogP contribution in [0.4, 0.5) is 0 Å². The van der Waals surface area contributed by atoms with Crippen LogP contribution in [-0.4, -0.2) is 31.6 Å². The van der Waals surface area contributed by atoms with Crippen LogP contribution in [0.3, 0.4) is 0 Å². The van der Waals surface area contributed by atoms with E-state index in [-0.39, 0.29) is 5.75 Å². The zero-order valence-electron chi connectivity index (χ0n) is 9.45. The second-order valence-corrected chi connectivity index (χ2v) is 3.70. The van der Waals surface area contributed by atoms with Crippen molar-refractivity contribution in [1.29, 1.82) is 0 Å². The summed E-state index contributed by atoms with van der Waals surface area (Å²) in [6.45, 7) is 2.45. The van der Waals surface area contributed by atoms with E-state index in [1.165, 1.54) is 6.20 Å². The Morgan fingerprint density at radius 2 is 2.29 bits per heavy atom. The molecule has 0 saturated carbocycles. The van der Waals surface area contributed by atoms with Crippen molar-refractivity contribution in [2.24, 2.45) is 0 Å². The molecule has 0 spiro atoms. The van der Waals surface area contributed by atoms with E-state index in [0.29, 0.717) is 6.54 Å². The van der Waals surface area contributed by atoms with E-state index in [1.54, 1.807) is 23.0 Å². The Labute approximate surface area is 99.3 Å². The fourth-order valence-electron chi connectivity index (χ4n) is 1.46. The fourth-order valence-corrected chi connectivity index (χ4v) is 1.46. The van der Waals surface area contributed by atoms with Crippen LogP contribution >= 0.6 is 0 Å². The van der Waals surface area contributed by atoms with Gasteiger partial charge in [0.2, 0.25) is 0 Å². The van der Waals surface area contributed by atoms with Gasteiger partial charge in [0.1, 0.15) is 5.75 Å². The second-order valence-electron chi connectivity index (χ2n) is 3.70. The van der Waals surface area contributed by atoms with Crippen molar-refractivity contribution >= 4 is 0 Å². The van der Waals surface area contributed by atoms with Gasteiger partial charge >= 0.3 is 0 Å². The van der Waals surface area contributed by atoms with Crippen LogP contribution in [0.1, 0.15) is 12.1 Å². The van der Waals surface area contributed by atoms with Crippen molar-refractivity contribution in [1.82, 2.24) is 25.3 Å². The van der Waals surface area contributed by atoms with Crippen molar-refractivity contribution in [3.8, 4) is 5.75 Å². The summed E-state index contributed by atoms with van der Waals surface area (Å²) >= 11 is 0. The molecule has 90 valence electrons. The molecule has 0 bridgehead atoms. The highest BCUT2D eigenvalue weighted by atomic mass is 16.3. The minimum atomic E-state index is 0.194. The van der Waals surface area contributed by atoms with Gasteiger partial charge in [-0.2, -0.15) is 0 Å². The minimum Gasteiger partial charge on any atom is -0.506 e. The van der Waals surface area contributed by atoms with Gasteiger partial charge in [-0.25, -0.2) is 0 Å². The van der Waals surface area contributed by atoms with E-state index in [0.717, 1.165) is 25.2 Å². The number of aromatic nitrogens is 4. The highest BCUT2D eigenvalue weighted by Gasteiger charge is 1.95. The van der Waals surface area contributed by atoms with Gasteiger partial charge < -0.3 is 10.4 Å². The lowest BCUT2D eigenvalue weighted by atomic mass is 10.3. The topological polar surface area (TPSA) is 75.9 Å². The molecule has 0 atom stereocenters. The highest BCUT2D eigenvalue weighted by molar-refractivity contribution is 5.17. The lowest BCUT2D eigenvalue weighted by molar-refractivity contribution is 0.471. The Bertz CT molecular complexity index is 426. The van der Waals surface area contributed by atoms with Crippen LogP contribution in [0.2, 0.25) is 0 Å². The minimum absolute atomic E-state index is 0.194. The normalized spacial score (nSPS) is 10.6. The second kappa shape index (κ2) is 5.95. The van der Waals surface area contributed by atoms with Crippen LogP contribution in [0.25, 0.3) is 0 Å². The quantitative estimate of drug-likeness (QED) is 0.713. The van der Waals surface area contributed by atoms with Gasteiger partial charge in [0, 0.05) is 19.3 Å². The Hall–Kier alpha value is -1.95. The average molecular weight is 233 g/mol. The summed E-state index contributed by atoms with van der Waals surface area (Å²) in [6.07, 6.45) is 5.96. The molecule has 0 aliphatic carbocycles. The maximum Gasteiger partial charge on any atom is 0.133 e. The monoisotopic (exact) mass is 233 g/mol. The van der Waals surface area contributed by atoms with Crippen molar-refractivity contribution in [3.05, 3.63) is 36.4 Å². The first kappa shape index (κ1) is 11.5. The SMILES string of the molecule is Oc1ccc(CNCCCn2ccnn2)nc1. The van der Waals surface area contributed by atoms with E-state index in [9.17, 15) is 0 Å². The van der Waals surface area contributed by atoms with Crippen LogP contribution < -0.4 is 5.32 Å². The van der Waals surface area contributed by atoms with Gasteiger partial charge in [0.15, 0.2) is 0 Å². The van der Waals surface area contributed by atoms with Gasteiger partial charge in [-0.05, 0) is 25.1 Å². The van der Waals surface area contributed by atoms with E-state index in [4.69, 9.17) is 5.11 Å². The van der Waals surface area contributed by atoms with E-state index in [1.807, 2.05) is 6.20 Å². The summed E-state index contributed by atoms with van der Waals surface area (Å²) in [5.74, 6) is 0.194. The molecule has 0 unspecified atom stereocenters. The predicted molar refractivity (Wildman–Crippen MR) is 62.2 cm³/mol. The number of aryl methyl sites for hydroxylation is 1. The largest absolute Gasteiger partial charge is 0.506 e. The van der Waals surface area contributed by atoms with Gasteiger partial charge in [-0.15, -0.1) is 5.10 Å². The predicted octanol–water partition coefficient (Wildman–Crippen LogP) is 0.559. The molecular formula is C11H15N5O. The lowest BCUT2D eigenvalue weighted by Crippen LogP contribution is -2.17. The Balaban J connectivity index is 1.61. The summed E-state index contributed by atoms with van der Waals surface area (Å²) in [4.78, 5) is 4.09. The zero-order chi connectivity index (χ0) is 11.9. The summed E-state index contributed by atoms with van der Waals surface area (Å²) in [5.41, 5.74) is 0.920. The first-order valence-electron chi connectivity index (χ1n) is 5.53. The number of aromatic hydroxyl groups is 1. The summed E-state index contributed by atoms with van der Waals surface area (Å²) in [7, 11) is 0. The average Bonchev–Trinajstić information content (AvgIpc) is 2.84. The number of hydrogen-bond donors (Lipinski definition) is 2. The molecule has 6 heteroatoms. The summed E-state index contributed by atoms with van der Waals surface area (Å²) < 4.78 is 1.81. The number of pyridine rings is 1. The Kier molecular flexibility index (Phi) is 4.04. The van der Waals surface area contributed by atoms with Gasteiger partial charge in [0.05, 0.1) is 18.1 Å². The number of hydrogen-bond acceptors (Lipinski definition) is 5. The molecule has 6 nitrogen and oxygen atoms in total. The molecule has 0 saturated heterocycles. The van der Waals surface area contributed by atoms with Crippen molar-refractivity contribution < 1.29 is 5.11 Å². The third kappa shape index (κ3) is 3.84. The van der Waals surface area contributed by atoms with Gasteiger partial charge in [-0.1, -0.05) is 5.21 Å². The maximum absolute atomic E-state index is 9.07. The molecule has 0 aliphatic heterocycles. The highest BCUT2D eigenvalue weighted by Crippen LogP contribution is 2.05. The molecule has 0 fully saturated rings. The summed E-state index contributed by atoms with van der Waals surface area (Å²) in [6, 6.07) is 3.44. The van der Waals surface area contributed by atoms with Gasteiger partial charge in [0.25, 0.3) is 0 Å². The van der Waals surface area contributed by atoms with Crippen LogP contribution in [0, 0.1) is 0 Å². The third-order valence-corrected chi connectivity index (χ3v) is 2.33. The third-order valence-electron chi connectivity index (χ3n) is 2.33. The zero-order valence-corrected chi connectivity index (χ0v) is 9.45. The molecule has 0 aliphatic rings. The van der Waals surface area contributed by atoms with E-state index >= 15 is 0 Å². The molecule has 2 aromatic rings. The Morgan fingerprint density at radius 1 is 1.35 bits per heavy atom. The molecule has 2 heterocycles. The molecule has 2 N–H and O–H groups in total. The van der Waals surface area contributed by atoms with Crippen molar-refractivity contribution in [2.45, 2.75) is 19.5 Å². The molecule has 2 aromatic heterocycles. The molecule has 0 amide bonds. The number of nitrogens with one attached hydrogen (secondary N) is 1. The van der Waals surface area contributed by atoms with Crippen molar-refractivity contribution in [2.75, 3.05) is 6.54 Å². The molecule has 0 aromatic carbocycles. The fraction of sp³-hybridized carbons (Fsp3) is 0.364. The van der Waals surface area contributed by atoms with Crippen LogP contribution in [0.5, 0.6) is 5.75 Å². The first-order valence-corrected chi connectivity index (χ1v) is 5.53. The molecular weight excluding hydrogens is 218 g/mol. The standard InChI is InChI=1S/C11H15N5O/c17-11-3-2-10(13-9-11)8-12-4-1-6-16-7-5-14-15-16/h2-3,5,7,9,12,17H,1,4,6,8H2. The summed E-state index contributed by atoms with van der Waals surface area (Å²) in [5, 5.41) is 20.0. The number of nitrogens with zero attached hydrogens (tertiary/aromatic N) is 4. The van der Waals surface area contributed by atoms with E-state index < -0.39 is 0 Å². The Morgan fingerprint density at radius 3 is 3.00 bits per heavy atom. The lowest BCUT2D eigenvalue weighted by Gasteiger charge is -2.04. The number of rotatable bonds is 6. The van der Waals surface area contributed by atoms with Crippen LogP contribution in [0.15, 0.2) is 30.7 Å². The smallest absolute Gasteiger partial charge is 0.133 e. The maximum atomic E-state index is 9.07. The van der Waals surface area contributed by atoms with E-state index in [2.05, 4.69) is 20.6 Å². The molecule has 0 radical (unpaired) electrons. The molecule has 17 heavy (non-hydrogen) atoms. The van der Waals surface area contributed by atoms with Crippen molar-refractivity contribution in [3.63, 3.8) is 0 Å². The first-order chi connectivity index (χ1) is 8.34. The van der Waals surface area contributed by atoms with Gasteiger partial charge in [-0.3, -0.25) is 9.67 Å².